The summed E-state index contributed by atoms with van der Waals surface area (Å²) in [4.78, 5) is 21.9. The van der Waals surface area contributed by atoms with Gasteiger partial charge < -0.3 is 19.0 Å². The van der Waals surface area contributed by atoms with Gasteiger partial charge in [-0.1, -0.05) is 0 Å². The molecule has 0 N–H and O–H groups in total. The van der Waals surface area contributed by atoms with Crippen LogP contribution in [0.5, 0.6) is 0 Å². The maximum absolute atomic E-state index is 12.8. The van der Waals surface area contributed by atoms with E-state index in [4.69, 9.17) is 14.1 Å². The number of nitriles is 1. The highest BCUT2D eigenvalue weighted by Gasteiger charge is 2.38. The molecular formula is C24H28N4O3. The Labute approximate surface area is 182 Å². The molecule has 2 fully saturated rings. The maximum Gasteiger partial charge on any atom is 0.289 e. The van der Waals surface area contributed by atoms with E-state index in [1.807, 2.05) is 11.8 Å². The standard InChI is InChI=1S/C24H28N4O3/c1-15-13-27(8-9-28(15)23(29)20-5-4-10-30-20)22-18(12-25)17-11-24(2,3)31-14-19(17)21(26-22)16-6-7-16/h4-5,10,15-16H,6-9,11,13-14H2,1-3H3. The van der Waals surface area contributed by atoms with Crippen LogP contribution in [0.15, 0.2) is 22.8 Å². The first kappa shape index (κ1) is 20.1. The Balaban J connectivity index is 1.47. The number of fused-ring (bicyclic) bond motifs is 1. The van der Waals surface area contributed by atoms with Gasteiger partial charge in [0.2, 0.25) is 0 Å². The molecule has 162 valence electrons. The van der Waals surface area contributed by atoms with E-state index in [9.17, 15) is 10.1 Å². The third kappa shape index (κ3) is 3.59. The number of carbonyl (C=O) groups is 1. The SMILES string of the molecule is CC1CN(c2nc(C3CC3)c3c(c2C#N)CC(C)(C)OC3)CCN1C(=O)c1ccco1. The van der Waals surface area contributed by atoms with Crippen LogP contribution < -0.4 is 4.90 Å². The number of hydrogen-bond acceptors (Lipinski definition) is 6. The number of carbonyl (C=O) groups excluding carboxylic acids is 1. The second-order valence-electron chi connectivity index (χ2n) is 9.53. The van der Waals surface area contributed by atoms with Crippen LogP contribution in [-0.2, 0) is 17.8 Å². The van der Waals surface area contributed by atoms with E-state index < -0.39 is 0 Å². The van der Waals surface area contributed by atoms with Crippen molar-refractivity contribution in [3.63, 3.8) is 0 Å². The molecule has 1 aliphatic carbocycles. The van der Waals surface area contributed by atoms with Gasteiger partial charge in [0.1, 0.15) is 11.9 Å². The molecule has 5 rings (SSSR count). The summed E-state index contributed by atoms with van der Waals surface area (Å²) in [5, 5.41) is 10.1. The van der Waals surface area contributed by atoms with Gasteiger partial charge in [0.25, 0.3) is 5.91 Å². The lowest BCUT2D eigenvalue weighted by Gasteiger charge is -2.41. The van der Waals surface area contributed by atoms with Crippen LogP contribution in [0.4, 0.5) is 5.82 Å². The average Bonchev–Trinajstić information content (AvgIpc) is 3.44. The molecule has 2 aromatic heterocycles. The van der Waals surface area contributed by atoms with E-state index in [1.165, 1.54) is 6.26 Å². The molecule has 0 bridgehead atoms. The van der Waals surface area contributed by atoms with E-state index in [0.717, 1.165) is 35.5 Å². The molecule has 0 spiro atoms. The summed E-state index contributed by atoms with van der Waals surface area (Å²) < 4.78 is 11.4. The van der Waals surface area contributed by atoms with Crippen molar-refractivity contribution in [1.82, 2.24) is 9.88 Å². The molecule has 0 radical (unpaired) electrons. The van der Waals surface area contributed by atoms with Gasteiger partial charge in [-0.3, -0.25) is 4.79 Å². The summed E-state index contributed by atoms with van der Waals surface area (Å²) in [6, 6.07) is 5.88. The number of rotatable bonds is 3. The zero-order valence-corrected chi connectivity index (χ0v) is 18.4. The van der Waals surface area contributed by atoms with Crippen molar-refractivity contribution in [3.8, 4) is 6.07 Å². The molecule has 1 amide bonds. The normalized spacial score (nSPS) is 22.7. The van der Waals surface area contributed by atoms with E-state index in [-0.39, 0.29) is 17.6 Å². The highest BCUT2D eigenvalue weighted by molar-refractivity contribution is 5.91. The lowest BCUT2D eigenvalue weighted by molar-refractivity contribution is -0.0407. The number of ether oxygens (including phenoxy) is 1. The molecule has 1 unspecified atom stereocenters. The lowest BCUT2D eigenvalue weighted by Crippen LogP contribution is -2.54. The average molecular weight is 421 g/mol. The van der Waals surface area contributed by atoms with Crippen molar-refractivity contribution in [1.29, 1.82) is 5.26 Å². The number of nitrogens with zero attached hydrogens (tertiary/aromatic N) is 4. The zero-order valence-electron chi connectivity index (χ0n) is 18.4. The number of piperazine rings is 1. The Morgan fingerprint density at radius 2 is 2.10 bits per heavy atom. The molecule has 2 aromatic rings. The third-order valence-corrected chi connectivity index (χ3v) is 6.63. The van der Waals surface area contributed by atoms with E-state index >= 15 is 0 Å². The minimum atomic E-state index is -0.292. The molecule has 31 heavy (non-hydrogen) atoms. The predicted molar refractivity (Wildman–Crippen MR) is 115 cm³/mol. The van der Waals surface area contributed by atoms with Gasteiger partial charge in [0, 0.05) is 43.6 Å². The van der Waals surface area contributed by atoms with Crippen molar-refractivity contribution >= 4 is 11.7 Å². The fourth-order valence-corrected chi connectivity index (χ4v) is 4.81. The predicted octanol–water partition coefficient (Wildman–Crippen LogP) is 3.63. The molecule has 2 aliphatic heterocycles. The van der Waals surface area contributed by atoms with Gasteiger partial charge in [-0.15, -0.1) is 0 Å². The number of anilines is 1. The molecule has 4 heterocycles. The van der Waals surface area contributed by atoms with Crippen LogP contribution >= 0.6 is 0 Å². The quantitative estimate of drug-likeness (QED) is 0.754. The fraction of sp³-hybridized carbons (Fsp3) is 0.542. The molecule has 7 nitrogen and oxygen atoms in total. The van der Waals surface area contributed by atoms with E-state index in [1.54, 1.807) is 12.1 Å². The first-order valence-corrected chi connectivity index (χ1v) is 11.1. The van der Waals surface area contributed by atoms with E-state index in [2.05, 4.69) is 24.8 Å². The Morgan fingerprint density at radius 1 is 1.29 bits per heavy atom. The second-order valence-corrected chi connectivity index (χ2v) is 9.53. The van der Waals surface area contributed by atoms with Crippen LogP contribution in [0, 0.1) is 11.3 Å². The first-order chi connectivity index (χ1) is 14.9. The summed E-state index contributed by atoms with van der Waals surface area (Å²) in [7, 11) is 0. The topological polar surface area (TPSA) is 82.6 Å². The Hall–Kier alpha value is -2.85. The van der Waals surface area contributed by atoms with Gasteiger partial charge in [0.05, 0.1) is 29.7 Å². The summed E-state index contributed by atoms with van der Waals surface area (Å²) >= 11 is 0. The zero-order chi connectivity index (χ0) is 21.8. The van der Waals surface area contributed by atoms with Crippen LogP contribution in [0.2, 0.25) is 0 Å². The summed E-state index contributed by atoms with van der Waals surface area (Å²) in [5.41, 5.74) is 3.73. The number of amides is 1. The van der Waals surface area contributed by atoms with Crippen LogP contribution in [-0.4, -0.2) is 47.1 Å². The third-order valence-electron chi connectivity index (χ3n) is 6.63. The van der Waals surface area contributed by atoms with Gasteiger partial charge >= 0.3 is 0 Å². The number of pyridine rings is 1. The lowest BCUT2D eigenvalue weighted by atomic mass is 9.87. The van der Waals surface area contributed by atoms with Crippen LogP contribution in [0.3, 0.4) is 0 Å². The molecule has 1 atom stereocenters. The number of aromatic nitrogens is 1. The highest BCUT2D eigenvalue weighted by atomic mass is 16.5. The summed E-state index contributed by atoms with van der Waals surface area (Å²) in [5.74, 6) is 1.53. The molecular weight excluding hydrogens is 392 g/mol. The largest absolute Gasteiger partial charge is 0.459 e. The molecule has 0 aromatic carbocycles. The molecule has 7 heteroatoms. The molecule has 3 aliphatic rings. The van der Waals surface area contributed by atoms with Crippen LogP contribution in [0.25, 0.3) is 0 Å². The molecule has 1 saturated heterocycles. The van der Waals surface area contributed by atoms with E-state index in [0.29, 0.717) is 49.9 Å². The smallest absolute Gasteiger partial charge is 0.289 e. The number of hydrogen-bond donors (Lipinski definition) is 0. The highest BCUT2D eigenvalue weighted by Crippen LogP contribution is 2.45. The minimum Gasteiger partial charge on any atom is -0.459 e. The van der Waals surface area contributed by atoms with Crippen molar-refractivity contribution < 1.29 is 13.9 Å². The summed E-state index contributed by atoms with van der Waals surface area (Å²) in [6.07, 6.45) is 4.54. The fourth-order valence-electron chi connectivity index (χ4n) is 4.81. The van der Waals surface area contributed by atoms with Gasteiger partial charge in [-0.25, -0.2) is 4.98 Å². The van der Waals surface area contributed by atoms with Crippen molar-refractivity contribution in [2.24, 2.45) is 0 Å². The number of furan rings is 1. The van der Waals surface area contributed by atoms with Crippen molar-refractivity contribution in [2.75, 3.05) is 24.5 Å². The monoisotopic (exact) mass is 420 g/mol. The Kier molecular flexibility index (Phi) is 4.78. The van der Waals surface area contributed by atoms with Crippen LogP contribution in [0.1, 0.15) is 72.5 Å². The second kappa shape index (κ2) is 7.38. The molecule has 1 saturated carbocycles. The maximum atomic E-state index is 12.8. The first-order valence-electron chi connectivity index (χ1n) is 11.1. The Morgan fingerprint density at radius 3 is 2.74 bits per heavy atom. The van der Waals surface area contributed by atoms with Crippen molar-refractivity contribution in [3.05, 3.63) is 46.5 Å². The van der Waals surface area contributed by atoms with Crippen molar-refractivity contribution in [2.45, 2.75) is 64.2 Å². The van der Waals surface area contributed by atoms with Gasteiger partial charge in [0.15, 0.2) is 5.76 Å². The minimum absolute atomic E-state index is 0.0140. The summed E-state index contributed by atoms with van der Waals surface area (Å²) in [6.45, 7) is 8.56. The van der Waals surface area contributed by atoms with Gasteiger partial charge in [-0.2, -0.15) is 5.26 Å². The van der Waals surface area contributed by atoms with Gasteiger partial charge in [-0.05, 0) is 51.3 Å². The Bertz CT molecular complexity index is 1050.